The number of nitrogens with zero attached hydrogens (tertiary/aromatic N) is 3. The van der Waals surface area contributed by atoms with Crippen LogP contribution in [0.1, 0.15) is 112 Å². The van der Waals surface area contributed by atoms with Gasteiger partial charge in [-0.25, -0.2) is 4.79 Å². The summed E-state index contributed by atoms with van der Waals surface area (Å²) < 4.78 is 99.1. The number of rotatable bonds is 34. The molecule has 7 rings (SSSR count). The SMILES string of the molecule is CC(C)(CCn1cc(COC(COC(COCC2COC(C)(C)O2)COCC2COC(C)(C)O2)COC(COCC2COC(C)(C)O2)COCC2COC(C)(C)O2)nn1)CC(C)(C)COC(=O)c1ccc(-c2ccccc2)cc1. The molecule has 0 radical (unpaired) electrons. The molecule has 0 N–H and O–H groups in total. The lowest BCUT2D eigenvalue weighted by atomic mass is 9.74. The van der Waals surface area contributed by atoms with Gasteiger partial charge in [0.2, 0.25) is 0 Å². The zero-order chi connectivity index (χ0) is 56.7. The van der Waals surface area contributed by atoms with Crippen molar-refractivity contribution >= 4 is 5.97 Å². The molecule has 4 atom stereocenters. The Morgan fingerprint density at radius 3 is 1.41 bits per heavy atom. The lowest BCUT2D eigenvalue weighted by Crippen LogP contribution is -2.37. The van der Waals surface area contributed by atoms with Crippen LogP contribution in [0.15, 0.2) is 60.8 Å². The number of hydrogen-bond acceptors (Lipinski definition) is 19. The van der Waals surface area contributed by atoms with Crippen molar-refractivity contribution < 1.29 is 80.6 Å². The minimum Gasteiger partial charge on any atom is -0.462 e. The Hall–Kier alpha value is -3.55. The number of esters is 1. The van der Waals surface area contributed by atoms with Crippen LogP contribution in [-0.2, 0) is 88.9 Å². The first-order valence-corrected chi connectivity index (χ1v) is 28.0. The standard InChI is InChI=1S/C59H91N3O17/c1-54(2,40-55(3,4)41-71-53(63)44-20-18-43(19-21-44)42-16-14-13-15-17-42)22-23-62-24-45(60-61-62)25-68-48(34-69-46(26-64-30-49-36-72-56(5,6)76-49)27-65-31-50-37-73-57(7,8)77-50)35-70-47(28-66-32-51-38-74-58(9,10)78-51)29-67-33-52-39-75-59(11,12)79-52/h13-21,24,46-52H,22-23,25-41H2,1-12H3. The second-order valence-electron chi connectivity index (χ2n) is 24.5. The van der Waals surface area contributed by atoms with Gasteiger partial charge in [0, 0.05) is 6.54 Å². The predicted octanol–water partition coefficient (Wildman–Crippen LogP) is 7.96. The van der Waals surface area contributed by atoms with Gasteiger partial charge < -0.3 is 75.8 Å². The third-order valence-corrected chi connectivity index (χ3v) is 13.6. The van der Waals surface area contributed by atoms with Crippen LogP contribution in [0.25, 0.3) is 11.1 Å². The lowest BCUT2D eigenvalue weighted by Gasteiger charge is -2.34. The fourth-order valence-electron chi connectivity index (χ4n) is 9.97. The van der Waals surface area contributed by atoms with Gasteiger partial charge in [-0.3, -0.25) is 4.68 Å². The van der Waals surface area contributed by atoms with E-state index < -0.39 is 41.5 Å². The fraction of sp³-hybridized carbons (Fsp3) is 0.746. The Labute approximate surface area is 468 Å². The summed E-state index contributed by atoms with van der Waals surface area (Å²) in [4.78, 5) is 13.1. The second-order valence-corrected chi connectivity index (χ2v) is 24.5. The predicted molar refractivity (Wildman–Crippen MR) is 290 cm³/mol. The van der Waals surface area contributed by atoms with Crippen LogP contribution >= 0.6 is 0 Å². The number of carbonyl (C=O) groups excluding carboxylic acids is 1. The molecule has 1 aromatic heterocycles. The van der Waals surface area contributed by atoms with E-state index in [1.165, 1.54) is 0 Å². The minimum absolute atomic E-state index is 0.116. The van der Waals surface area contributed by atoms with Gasteiger partial charge >= 0.3 is 5.97 Å². The van der Waals surface area contributed by atoms with Crippen LogP contribution in [0.3, 0.4) is 0 Å². The molecule has 4 saturated heterocycles. The normalized spacial score (nSPS) is 23.7. The first kappa shape index (κ1) is 63.0. The number of carbonyl (C=O) groups is 1. The molecule has 4 aliphatic heterocycles. The van der Waals surface area contributed by atoms with Crippen molar-refractivity contribution in [1.29, 1.82) is 0 Å². The van der Waals surface area contributed by atoms with Gasteiger partial charge in [0.15, 0.2) is 23.1 Å². The number of aryl methyl sites for hydroxylation is 1. The number of ether oxygens (including phenoxy) is 16. The van der Waals surface area contributed by atoms with Crippen molar-refractivity contribution in [3.8, 4) is 11.1 Å². The van der Waals surface area contributed by atoms with Gasteiger partial charge in [0.1, 0.15) is 48.4 Å². The molecule has 20 nitrogen and oxygen atoms in total. The molecule has 4 fully saturated rings. The fourth-order valence-corrected chi connectivity index (χ4v) is 9.97. The van der Waals surface area contributed by atoms with E-state index in [-0.39, 0.29) is 94.1 Å². The molecular weight excluding hydrogens is 1020 g/mol. The second kappa shape index (κ2) is 28.6. The minimum atomic E-state index is -0.676. The third-order valence-electron chi connectivity index (χ3n) is 13.6. The number of benzene rings is 2. The molecule has 2 aromatic carbocycles. The average Bonchev–Trinajstić information content (AvgIpc) is 4.24. The topological polar surface area (TPSA) is 195 Å². The molecular formula is C59H91N3O17. The summed E-state index contributed by atoms with van der Waals surface area (Å²) in [6.07, 6.45) is 1.08. The van der Waals surface area contributed by atoms with E-state index in [2.05, 4.69) is 38.0 Å². The molecule has 79 heavy (non-hydrogen) atoms. The Bertz CT molecular complexity index is 2140. The lowest BCUT2D eigenvalue weighted by molar-refractivity contribution is -0.160. The molecule has 0 spiro atoms. The zero-order valence-corrected chi connectivity index (χ0v) is 49.0. The number of hydrogen-bond donors (Lipinski definition) is 0. The van der Waals surface area contributed by atoms with E-state index in [1.54, 1.807) is 0 Å². The Morgan fingerprint density at radius 1 is 0.570 bits per heavy atom. The maximum atomic E-state index is 13.1. The van der Waals surface area contributed by atoms with Crippen LogP contribution in [0.5, 0.6) is 0 Å². The van der Waals surface area contributed by atoms with Crippen molar-refractivity contribution in [3.05, 3.63) is 72.1 Å². The van der Waals surface area contributed by atoms with E-state index in [1.807, 2.05) is 121 Å². The van der Waals surface area contributed by atoms with Gasteiger partial charge in [-0.1, -0.05) is 75.4 Å². The summed E-state index contributed by atoms with van der Waals surface area (Å²) in [5.41, 5.74) is 2.91. The van der Waals surface area contributed by atoms with E-state index in [9.17, 15) is 4.79 Å². The first-order valence-electron chi connectivity index (χ1n) is 28.0. The maximum Gasteiger partial charge on any atom is 0.338 e. The van der Waals surface area contributed by atoms with Gasteiger partial charge in [-0.05, 0) is 102 Å². The molecule has 20 heteroatoms. The van der Waals surface area contributed by atoms with Crippen molar-refractivity contribution in [1.82, 2.24) is 15.0 Å². The van der Waals surface area contributed by atoms with Crippen LogP contribution in [0.2, 0.25) is 0 Å². The average molecular weight is 1110 g/mol. The molecule has 0 bridgehead atoms. The summed E-state index contributed by atoms with van der Waals surface area (Å²) >= 11 is 0. The van der Waals surface area contributed by atoms with Crippen molar-refractivity contribution in [2.75, 3.05) is 99.1 Å². The maximum absolute atomic E-state index is 13.1. The van der Waals surface area contributed by atoms with Gasteiger partial charge in [0.25, 0.3) is 0 Å². The highest BCUT2D eigenvalue weighted by molar-refractivity contribution is 5.90. The quantitative estimate of drug-likeness (QED) is 0.0522. The zero-order valence-electron chi connectivity index (χ0n) is 49.0. The van der Waals surface area contributed by atoms with Gasteiger partial charge in [-0.15, -0.1) is 5.10 Å². The molecule has 3 aromatic rings. The number of aromatic nitrogens is 3. The molecule has 4 unspecified atom stereocenters. The van der Waals surface area contributed by atoms with Gasteiger partial charge in [0.05, 0.1) is 117 Å². The largest absolute Gasteiger partial charge is 0.462 e. The van der Waals surface area contributed by atoms with E-state index in [0.717, 1.165) is 24.0 Å². The van der Waals surface area contributed by atoms with Crippen LogP contribution < -0.4 is 0 Å². The molecule has 0 amide bonds. The van der Waals surface area contributed by atoms with E-state index in [0.29, 0.717) is 70.7 Å². The van der Waals surface area contributed by atoms with Gasteiger partial charge in [-0.2, -0.15) is 0 Å². The van der Waals surface area contributed by atoms with Crippen molar-refractivity contribution in [3.63, 3.8) is 0 Å². The highest BCUT2D eigenvalue weighted by atomic mass is 16.8. The molecule has 0 saturated carbocycles. The molecule has 444 valence electrons. The van der Waals surface area contributed by atoms with E-state index in [4.69, 9.17) is 75.8 Å². The van der Waals surface area contributed by atoms with Crippen LogP contribution in [-0.4, -0.2) is 186 Å². The van der Waals surface area contributed by atoms with E-state index >= 15 is 0 Å². The van der Waals surface area contributed by atoms with Crippen molar-refractivity contribution in [2.45, 2.75) is 175 Å². The monoisotopic (exact) mass is 1110 g/mol. The highest BCUT2D eigenvalue weighted by Gasteiger charge is 2.37. The molecule has 0 aliphatic carbocycles. The summed E-state index contributed by atoms with van der Waals surface area (Å²) in [5, 5.41) is 8.96. The highest BCUT2D eigenvalue weighted by Crippen LogP contribution is 2.37. The van der Waals surface area contributed by atoms with Crippen molar-refractivity contribution in [2.24, 2.45) is 10.8 Å². The summed E-state index contributed by atoms with van der Waals surface area (Å²) in [6.45, 7) is 28.9. The Balaban J connectivity index is 0.950. The Morgan fingerprint density at radius 2 is 0.987 bits per heavy atom. The van der Waals surface area contributed by atoms with Crippen LogP contribution in [0.4, 0.5) is 0 Å². The summed E-state index contributed by atoms with van der Waals surface area (Å²) in [6, 6.07) is 17.6. The summed E-state index contributed by atoms with van der Waals surface area (Å²) in [5.74, 6) is -3.04. The third kappa shape index (κ3) is 22.3. The molecule has 4 aliphatic rings. The smallest absolute Gasteiger partial charge is 0.338 e. The summed E-state index contributed by atoms with van der Waals surface area (Å²) in [7, 11) is 0. The Kier molecular flexibility index (Phi) is 22.8. The first-order chi connectivity index (χ1) is 37.4. The molecule has 5 heterocycles. The van der Waals surface area contributed by atoms with Crippen LogP contribution in [0, 0.1) is 10.8 Å².